The van der Waals surface area contributed by atoms with E-state index < -0.39 is 5.41 Å². The molecule has 8 heteroatoms. The predicted octanol–water partition coefficient (Wildman–Crippen LogP) is 0.653. The number of amides is 1. The third-order valence-corrected chi connectivity index (χ3v) is 4.53. The second-order valence-electron chi connectivity index (χ2n) is 5.04. The number of nitrogens with one attached hydrogen (secondary N) is 1. The second-order valence-corrected chi connectivity index (χ2v) is 6.11. The standard InChI is InChI=1S/C13H20N4O3S/c1-9-16-10(8-21-9)2-5-15-12(18)13(11(14)17-19)3-6-20-7-4-13/h8,19H,2-7H2,1H3,(H2,14,17)(H,15,18). The number of nitrogens with two attached hydrogens (primary N) is 1. The molecular formula is C13H20N4O3S. The Morgan fingerprint density at radius 2 is 2.33 bits per heavy atom. The van der Waals surface area contributed by atoms with Crippen LogP contribution < -0.4 is 11.1 Å². The van der Waals surface area contributed by atoms with E-state index in [2.05, 4.69) is 15.5 Å². The number of hydrogen-bond acceptors (Lipinski definition) is 6. The van der Waals surface area contributed by atoms with Crippen molar-refractivity contribution in [3.05, 3.63) is 16.1 Å². The van der Waals surface area contributed by atoms with E-state index >= 15 is 0 Å². The van der Waals surface area contributed by atoms with Crippen molar-refractivity contribution >= 4 is 23.1 Å². The van der Waals surface area contributed by atoms with Crippen molar-refractivity contribution < 1.29 is 14.7 Å². The third kappa shape index (κ3) is 3.51. The summed E-state index contributed by atoms with van der Waals surface area (Å²) in [5.74, 6) is -0.263. The Labute approximate surface area is 127 Å². The van der Waals surface area contributed by atoms with Crippen LogP contribution in [0.4, 0.5) is 0 Å². The first-order chi connectivity index (χ1) is 10.1. The largest absolute Gasteiger partial charge is 0.409 e. The van der Waals surface area contributed by atoms with E-state index in [4.69, 9.17) is 15.7 Å². The maximum atomic E-state index is 12.5. The molecular weight excluding hydrogens is 292 g/mol. The molecule has 116 valence electrons. The third-order valence-electron chi connectivity index (χ3n) is 3.71. The van der Waals surface area contributed by atoms with Crippen LogP contribution in [-0.4, -0.2) is 41.7 Å². The molecule has 0 aromatic carbocycles. The highest BCUT2D eigenvalue weighted by Gasteiger charge is 2.44. The molecule has 0 saturated carbocycles. The minimum Gasteiger partial charge on any atom is -0.409 e. The van der Waals surface area contributed by atoms with E-state index in [0.29, 0.717) is 39.0 Å². The van der Waals surface area contributed by atoms with Crippen LogP contribution in [0.1, 0.15) is 23.5 Å². The van der Waals surface area contributed by atoms with Crippen LogP contribution in [0.5, 0.6) is 0 Å². The average molecular weight is 312 g/mol. The van der Waals surface area contributed by atoms with Gasteiger partial charge in [-0.15, -0.1) is 11.3 Å². The molecule has 1 aromatic rings. The lowest BCUT2D eigenvalue weighted by molar-refractivity contribution is -0.131. The summed E-state index contributed by atoms with van der Waals surface area (Å²) in [5, 5.41) is 17.8. The number of aromatic nitrogens is 1. The van der Waals surface area contributed by atoms with Gasteiger partial charge in [0.25, 0.3) is 0 Å². The number of carbonyl (C=O) groups is 1. The molecule has 1 fully saturated rings. The van der Waals surface area contributed by atoms with Crippen LogP contribution in [-0.2, 0) is 16.0 Å². The van der Waals surface area contributed by atoms with Gasteiger partial charge in [-0.1, -0.05) is 5.16 Å². The zero-order chi connectivity index (χ0) is 15.3. The van der Waals surface area contributed by atoms with Gasteiger partial charge in [0.05, 0.1) is 10.7 Å². The molecule has 1 saturated heterocycles. The summed E-state index contributed by atoms with van der Waals surface area (Å²) >= 11 is 1.59. The number of ether oxygens (including phenoxy) is 1. The topological polar surface area (TPSA) is 110 Å². The van der Waals surface area contributed by atoms with Gasteiger partial charge in [0.1, 0.15) is 5.41 Å². The molecule has 0 bridgehead atoms. The molecule has 4 N–H and O–H groups in total. The summed E-state index contributed by atoms with van der Waals surface area (Å²) in [6.45, 7) is 3.27. The number of oxime groups is 1. The first-order valence-corrected chi connectivity index (χ1v) is 7.71. The summed E-state index contributed by atoms with van der Waals surface area (Å²) in [4.78, 5) is 16.8. The van der Waals surface area contributed by atoms with E-state index in [0.717, 1.165) is 10.7 Å². The van der Waals surface area contributed by atoms with Gasteiger partial charge in [-0.3, -0.25) is 4.79 Å². The highest BCUT2D eigenvalue weighted by atomic mass is 32.1. The molecule has 2 rings (SSSR count). The van der Waals surface area contributed by atoms with Crippen molar-refractivity contribution in [2.75, 3.05) is 19.8 Å². The van der Waals surface area contributed by atoms with E-state index in [1.54, 1.807) is 11.3 Å². The maximum absolute atomic E-state index is 12.5. The van der Waals surface area contributed by atoms with Crippen LogP contribution in [0.2, 0.25) is 0 Å². The van der Waals surface area contributed by atoms with Crippen molar-refractivity contribution in [1.29, 1.82) is 0 Å². The maximum Gasteiger partial charge on any atom is 0.234 e. The van der Waals surface area contributed by atoms with Gasteiger partial charge < -0.3 is 21.0 Å². The minimum absolute atomic E-state index is 0.0483. The molecule has 1 amide bonds. The van der Waals surface area contributed by atoms with Crippen molar-refractivity contribution in [2.24, 2.45) is 16.3 Å². The Morgan fingerprint density at radius 3 is 2.90 bits per heavy atom. The summed E-state index contributed by atoms with van der Waals surface area (Å²) < 4.78 is 5.27. The van der Waals surface area contributed by atoms with E-state index in [-0.39, 0.29) is 11.7 Å². The van der Waals surface area contributed by atoms with Crippen LogP contribution in [0.15, 0.2) is 10.5 Å². The molecule has 0 unspecified atom stereocenters. The molecule has 21 heavy (non-hydrogen) atoms. The van der Waals surface area contributed by atoms with Crippen molar-refractivity contribution in [3.8, 4) is 0 Å². The summed E-state index contributed by atoms with van der Waals surface area (Å²) in [6, 6.07) is 0. The zero-order valence-electron chi connectivity index (χ0n) is 12.0. The molecule has 7 nitrogen and oxygen atoms in total. The average Bonchev–Trinajstić information content (AvgIpc) is 2.92. The monoisotopic (exact) mass is 312 g/mol. The lowest BCUT2D eigenvalue weighted by atomic mass is 9.78. The van der Waals surface area contributed by atoms with Crippen LogP contribution in [0.25, 0.3) is 0 Å². The fourth-order valence-electron chi connectivity index (χ4n) is 2.41. The lowest BCUT2D eigenvalue weighted by Gasteiger charge is -2.34. The van der Waals surface area contributed by atoms with Gasteiger partial charge in [-0.25, -0.2) is 4.98 Å². The Kier molecular flexibility index (Phi) is 5.13. The minimum atomic E-state index is -0.967. The highest BCUT2D eigenvalue weighted by molar-refractivity contribution is 7.09. The Hall–Kier alpha value is -1.67. The normalized spacial score (nSPS) is 18.4. The Bertz CT molecular complexity index is 523. The lowest BCUT2D eigenvalue weighted by Crippen LogP contribution is -2.53. The molecule has 0 atom stereocenters. The fourth-order valence-corrected chi connectivity index (χ4v) is 3.06. The van der Waals surface area contributed by atoms with E-state index in [1.165, 1.54) is 0 Å². The van der Waals surface area contributed by atoms with Gasteiger partial charge in [-0.2, -0.15) is 0 Å². The van der Waals surface area contributed by atoms with Gasteiger partial charge in [-0.05, 0) is 19.8 Å². The SMILES string of the molecule is Cc1nc(CCNC(=O)C2(C(N)=NO)CCOCC2)cs1. The summed E-state index contributed by atoms with van der Waals surface area (Å²) in [7, 11) is 0. The number of nitrogens with zero attached hydrogens (tertiary/aromatic N) is 2. The molecule has 0 spiro atoms. The van der Waals surface area contributed by atoms with Crippen LogP contribution >= 0.6 is 11.3 Å². The van der Waals surface area contributed by atoms with Crippen molar-refractivity contribution in [1.82, 2.24) is 10.3 Å². The summed E-state index contributed by atoms with van der Waals surface area (Å²) in [5.41, 5.74) is 5.74. The fraction of sp³-hybridized carbons (Fsp3) is 0.615. The first kappa shape index (κ1) is 15.7. The van der Waals surface area contributed by atoms with Gasteiger partial charge in [0, 0.05) is 31.6 Å². The van der Waals surface area contributed by atoms with Crippen molar-refractivity contribution in [2.45, 2.75) is 26.2 Å². The number of amidine groups is 1. The van der Waals surface area contributed by atoms with E-state index in [9.17, 15) is 4.79 Å². The summed E-state index contributed by atoms with van der Waals surface area (Å²) in [6.07, 6.45) is 1.51. The molecule has 1 aromatic heterocycles. The molecule has 1 aliphatic heterocycles. The molecule has 0 aliphatic carbocycles. The quantitative estimate of drug-likeness (QED) is 0.320. The van der Waals surface area contributed by atoms with Crippen molar-refractivity contribution in [3.63, 3.8) is 0 Å². The molecule has 0 radical (unpaired) electrons. The molecule has 1 aliphatic rings. The van der Waals surface area contributed by atoms with Gasteiger partial charge in [0.15, 0.2) is 5.84 Å². The molecule has 2 heterocycles. The number of carbonyl (C=O) groups excluding carboxylic acids is 1. The van der Waals surface area contributed by atoms with Crippen LogP contribution in [0.3, 0.4) is 0 Å². The van der Waals surface area contributed by atoms with Gasteiger partial charge in [0.2, 0.25) is 5.91 Å². The van der Waals surface area contributed by atoms with Gasteiger partial charge >= 0.3 is 0 Å². The zero-order valence-corrected chi connectivity index (χ0v) is 12.8. The Balaban J connectivity index is 1.95. The highest BCUT2D eigenvalue weighted by Crippen LogP contribution is 2.31. The number of aryl methyl sites for hydroxylation is 1. The number of thiazole rings is 1. The predicted molar refractivity (Wildman–Crippen MR) is 79.5 cm³/mol. The Morgan fingerprint density at radius 1 is 1.62 bits per heavy atom. The second kappa shape index (κ2) is 6.86. The van der Waals surface area contributed by atoms with E-state index in [1.807, 2.05) is 12.3 Å². The number of hydrogen-bond donors (Lipinski definition) is 3. The first-order valence-electron chi connectivity index (χ1n) is 6.83. The smallest absolute Gasteiger partial charge is 0.234 e. The number of rotatable bonds is 5. The van der Waals surface area contributed by atoms with Crippen LogP contribution in [0, 0.1) is 12.3 Å².